The summed E-state index contributed by atoms with van der Waals surface area (Å²) in [5.41, 5.74) is -1.00. The first kappa shape index (κ1) is 16.5. The van der Waals surface area contributed by atoms with E-state index in [1.165, 1.54) is 13.1 Å². The number of nitrogens with one attached hydrogen (secondary N) is 2. The quantitative estimate of drug-likeness (QED) is 0.751. The van der Waals surface area contributed by atoms with Crippen molar-refractivity contribution in [3.8, 4) is 0 Å². The van der Waals surface area contributed by atoms with Crippen molar-refractivity contribution in [3.63, 3.8) is 0 Å². The summed E-state index contributed by atoms with van der Waals surface area (Å²) in [6.45, 7) is 3.65. The molecule has 8 heteroatoms. The average Bonchev–Trinajstić information content (AvgIpc) is 2.35. The first-order chi connectivity index (χ1) is 9.18. The van der Waals surface area contributed by atoms with Crippen molar-refractivity contribution >= 4 is 11.6 Å². The molecule has 1 aromatic heterocycles. The Morgan fingerprint density at radius 2 is 1.85 bits per heavy atom. The van der Waals surface area contributed by atoms with E-state index in [-0.39, 0.29) is 18.2 Å². The smallest absolute Gasteiger partial charge is 0.388 e. The summed E-state index contributed by atoms with van der Waals surface area (Å²) in [6.07, 6.45) is -3.31. The Hall–Kier alpha value is -1.57. The van der Waals surface area contributed by atoms with Crippen molar-refractivity contribution in [3.05, 3.63) is 11.9 Å². The molecule has 0 saturated heterocycles. The van der Waals surface area contributed by atoms with Crippen molar-refractivity contribution in [1.29, 1.82) is 0 Å². The Bertz CT molecular complexity index is 449. The van der Waals surface area contributed by atoms with Gasteiger partial charge in [-0.25, -0.2) is 9.97 Å². The van der Waals surface area contributed by atoms with Crippen molar-refractivity contribution in [2.24, 2.45) is 0 Å². The second kappa shape index (κ2) is 6.25. The highest BCUT2D eigenvalue weighted by Crippen LogP contribution is 2.28. The lowest BCUT2D eigenvalue weighted by Gasteiger charge is -2.23. The molecule has 0 aliphatic carbocycles. The fourth-order valence-corrected chi connectivity index (χ4v) is 1.70. The lowest BCUT2D eigenvalue weighted by molar-refractivity contribution is -0.144. The standard InChI is InChI=1S/C12H19F3N4O/c1-4-5-11(2,20)7-17-9-6-8(16-3)18-10(19-9)12(13,14)15/h6,20H,4-5,7H2,1-3H3,(H2,16,17,18,19). The predicted molar refractivity (Wildman–Crippen MR) is 70.6 cm³/mol. The molecule has 0 spiro atoms. The van der Waals surface area contributed by atoms with Gasteiger partial charge >= 0.3 is 6.18 Å². The summed E-state index contributed by atoms with van der Waals surface area (Å²) in [7, 11) is 1.47. The van der Waals surface area contributed by atoms with Crippen LogP contribution in [-0.2, 0) is 6.18 Å². The Morgan fingerprint density at radius 1 is 1.25 bits per heavy atom. The number of nitrogens with zero attached hydrogens (tertiary/aromatic N) is 2. The third-order valence-electron chi connectivity index (χ3n) is 2.67. The minimum absolute atomic E-state index is 0.0213. The largest absolute Gasteiger partial charge is 0.451 e. The first-order valence-electron chi connectivity index (χ1n) is 6.28. The van der Waals surface area contributed by atoms with Crippen molar-refractivity contribution in [2.75, 3.05) is 24.2 Å². The molecule has 1 heterocycles. The van der Waals surface area contributed by atoms with Gasteiger partial charge in [0.1, 0.15) is 11.6 Å². The van der Waals surface area contributed by atoms with E-state index in [1.54, 1.807) is 6.92 Å². The minimum Gasteiger partial charge on any atom is -0.388 e. The molecule has 0 fully saturated rings. The number of rotatable bonds is 6. The van der Waals surface area contributed by atoms with Gasteiger partial charge in [-0.3, -0.25) is 0 Å². The van der Waals surface area contributed by atoms with Gasteiger partial charge < -0.3 is 15.7 Å². The molecule has 1 unspecified atom stereocenters. The molecule has 0 amide bonds. The molecule has 1 rings (SSSR count). The van der Waals surface area contributed by atoms with Crippen LogP contribution in [0.2, 0.25) is 0 Å². The Labute approximate surface area is 115 Å². The van der Waals surface area contributed by atoms with Gasteiger partial charge in [-0.05, 0) is 13.3 Å². The van der Waals surface area contributed by atoms with Gasteiger partial charge in [0.2, 0.25) is 5.82 Å². The second-order valence-electron chi connectivity index (χ2n) is 4.81. The van der Waals surface area contributed by atoms with Crippen LogP contribution in [-0.4, -0.2) is 34.3 Å². The monoisotopic (exact) mass is 292 g/mol. The molecule has 0 bridgehead atoms. The fourth-order valence-electron chi connectivity index (χ4n) is 1.70. The van der Waals surface area contributed by atoms with Gasteiger partial charge in [0.25, 0.3) is 0 Å². The Morgan fingerprint density at radius 3 is 2.35 bits per heavy atom. The highest BCUT2D eigenvalue weighted by atomic mass is 19.4. The number of anilines is 2. The SMILES string of the molecule is CCCC(C)(O)CNc1cc(NC)nc(C(F)(F)F)n1. The lowest BCUT2D eigenvalue weighted by Crippen LogP contribution is -2.33. The molecule has 114 valence electrons. The minimum atomic E-state index is -4.62. The van der Waals surface area contributed by atoms with Gasteiger partial charge in [0.15, 0.2) is 0 Å². The number of halogens is 3. The summed E-state index contributed by atoms with van der Waals surface area (Å²) in [4.78, 5) is 6.77. The molecular formula is C12H19F3N4O. The van der Waals surface area contributed by atoms with Crippen LogP contribution in [0.1, 0.15) is 32.5 Å². The van der Waals surface area contributed by atoms with Crippen LogP contribution in [0.3, 0.4) is 0 Å². The number of aliphatic hydroxyl groups is 1. The number of alkyl halides is 3. The third kappa shape index (κ3) is 4.84. The van der Waals surface area contributed by atoms with Crippen LogP contribution < -0.4 is 10.6 Å². The molecule has 0 radical (unpaired) electrons. The summed E-state index contributed by atoms with van der Waals surface area (Å²) in [6, 6.07) is 1.36. The predicted octanol–water partition coefficient (Wildman–Crippen LogP) is 2.50. The van der Waals surface area contributed by atoms with E-state index in [1.807, 2.05) is 6.92 Å². The van der Waals surface area contributed by atoms with Crippen molar-refractivity contribution in [2.45, 2.75) is 38.5 Å². The zero-order valence-corrected chi connectivity index (χ0v) is 11.7. The maximum atomic E-state index is 12.6. The van der Waals surface area contributed by atoms with Gasteiger partial charge in [0, 0.05) is 19.7 Å². The lowest BCUT2D eigenvalue weighted by atomic mass is 10.0. The van der Waals surface area contributed by atoms with E-state index in [2.05, 4.69) is 20.6 Å². The zero-order valence-electron chi connectivity index (χ0n) is 11.7. The zero-order chi connectivity index (χ0) is 15.4. The van der Waals surface area contributed by atoms with E-state index in [9.17, 15) is 18.3 Å². The maximum absolute atomic E-state index is 12.6. The van der Waals surface area contributed by atoms with Crippen LogP contribution in [0.4, 0.5) is 24.8 Å². The molecular weight excluding hydrogens is 273 g/mol. The maximum Gasteiger partial charge on any atom is 0.451 e. The number of hydrogen-bond donors (Lipinski definition) is 3. The Balaban J connectivity index is 2.90. The summed E-state index contributed by atoms with van der Waals surface area (Å²) < 4.78 is 37.9. The van der Waals surface area contributed by atoms with Crippen LogP contribution in [0.25, 0.3) is 0 Å². The topological polar surface area (TPSA) is 70.1 Å². The van der Waals surface area contributed by atoms with Crippen LogP contribution >= 0.6 is 0 Å². The molecule has 5 nitrogen and oxygen atoms in total. The number of aromatic nitrogens is 2. The Kier molecular flexibility index (Phi) is 5.15. The summed E-state index contributed by atoms with van der Waals surface area (Å²) in [5.74, 6) is -1.14. The second-order valence-corrected chi connectivity index (χ2v) is 4.81. The third-order valence-corrected chi connectivity index (χ3v) is 2.67. The highest BCUT2D eigenvalue weighted by Gasteiger charge is 2.35. The first-order valence-corrected chi connectivity index (χ1v) is 6.28. The van der Waals surface area contributed by atoms with Crippen LogP contribution in [0.15, 0.2) is 6.07 Å². The van der Waals surface area contributed by atoms with Crippen molar-refractivity contribution < 1.29 is 18.3 Å². The molecule has 1 aromatic rings. The normalized spacial score (nSPS) is 14.8. The van der Waals surface area contributed by atoms with Gasteiger partial charge in [-0.1, -0.05) is 13.3 Å². The summed E-state index contributed by atoms with van der Waals surface area (Å²) >= 11 is 0. The molecule has 1 atom stereocenters. The van der Waals surface area contributed by atoms with Crippen LogP contribution in [0, 0.1) is 0 Å². The summed E-state index contributed by atoms with van der Waals surface area (Å²) in [5, 5.41) is 15.3. The van der Waals surface area contributed by atoms with Gasteiger partial charge in [-0.2, -0.15) is 13.2 Å². The molecule has 20 heavy (non-hydrogen) atoms. The van der Waals surface area contributed by atoms with Crippen molar-refractivity contribution in [1.82, 2.24) is 9.97 Å². The molecule has 3 N–H and O–H groups in total. The van der Waals surface area contributed by atoms with Gasteiger partial charge in [-0.15, -0.1) is 0 Å². The number of hydrogen-bond acceptors (Lipinski definition) is 5. The van der Waals surface area contributed by atoms with E-state index >= 15 is 0 Å². The molecule has 0 aliphatic heterocycles. The fraction of sp³-hybridized carbons (Fsp3) is 0.667. The highest BCUT2D eigenvalue weighted by molar-refractivity contribution is 5.47. The average molecular weight is 292 g/mol. The van der Waals surface area contributed by atoms with E-state index in [0.717, 1.165) is 6.42 Å². The van der Waals surface area contributed by atoms with Gasteiger partial charge in [0.05, 0.1) is 5.60 Å². The van der Waals surface area contributed by atoms with Crippen LogP contribution in [0.5, 0.6) is 0 Å². The van der Waals surface area contributed by atoms with E-state index in [4.69, 9.17) is 0 Å². The van der Waals surface area contributed by atoms with E-state index in [0.29, 0.717) is 6.42 Å². The molecule has 0 aromatic carbocycles. The molecule has 0 aliphatic rings. The van der Waals surface area contributed by atoms with E-state index < -0.39 is 17.6 Å². The molecule has 0 saturated carbocycles.